The number of unbranched alkanes of at least 4 members (excludes halogenated alkanes) is 49. The molecule has 0 heterocycles. The number of hydrogen-bond donors (Lipinski definition) is 4. The van der Waals surface area contributed by atoms with Gasteiger partial charge in [0.2, 0.25) is 0 Å². The number of aryl methyl sites for hydroxylation is 4. The van der Waals surface area contributed by atoms with Crippen LogP contribution in [-0.2, 0) is 4.79 Å². The van der Waals surface area contributed by atoms with E-state index in [1.165, 1.54) is 332 Å². The van der Waals surface area contributed by atoms with E-state index in [0.29, 0.717) is 23.0 Å². The van der Waals surface area contributed by atoms with Crippen molar-refractivity contribution in [3.63, 3.8) is 0 Å². The molecule has 0 saturated carbocycles. The van der Waals surface area contributed by atoms with Crippen LogP contribution in [0.2, 0.25) is 0 Å². The maximum atomic E-state index is 8.81. The minimum Gasteiger partial charge on any atom is -0.508 e. The first-order valence-electron chi connectivity index (χ1n) is 38.4. The van der Waals surface area contributed by atoms with E-state index >= 15 is 0 Å². The number of carbonyl (C=O) groups is 1. The lowest BCUT2D eigenvalue weighted by molar-refractivity contribution is -0.0980. The Morgan fingerprint density at radius 3 is 0.456 bits per heavy atom. The fourth-order valence-corrected chi connectivity index (χ4v) is 11.0. The van der Waals surface area contributed by atoms with Crippen molar-refractivity contribution in [2.45, 2.75) is 390 Å². The predicted octanol–water partition coefficient (Wildman–Crippen LogP) is 29.2. The second-order valence-corrected chi connectivity index (χ2v) is 25.3. The first-order valence-corrected chi connectivity index (χ1v) is 38.4. The molecule has 0 aromatic heterocycles. The molecule has 0 amide bonds. The van der Waals surface area contributed by atoms with Crippen LogP contribution in [0.4, 0.5) is 0 Å². The highest BCUT2D eigenvalue weighted by atomic mass is 16.3. The minimum absolute atomic E-state index is 0.329. The van der Waals surface area contributed by atoms with Crippen LogP contribution < -0.4 is 0 Å². The van der Waals surface area contributed by atoms with Crippen molar-refractivity contribution < 1.29 is 25.2 Å². The van der Waals surface area contributed by atoms with E-state index in [2.05, 4.69) is 13.8 Å². The van der Waals surface area contributed by atoms with E-state index in [1.807, 2.05) is 111 Å². The lowest BCUT2D eigenvalue weighted by Crippen LogP contribution is -1.85. The Morgan fingerprint density at radius 2 is 0.356 bits per heavy atom. The third kappa shape index (κ3) is 79.8. The van der Waals surface area contributed by atoms with Gasteiger partial charge in [0.15, 0.2) is 0 Å². The number of hydrogen-bond acceptors (Lipinski definition) is 5. The molecule has 5 nitrogen and oxygen atoms in total. The SMILES string of the molecule is C=O.CC.CC.CCCCCCCCCCCCCCCCCCCCCCCCCCCCCCCCCCCCCCCCCCCCCCCCCCCC.Cc1ccc(O)cc1.Cc1ccc(O)cc1.Cc1cccc(O)c1.Cc1cccc(O)c1. The molecule has 0 radical (unpaired) electrons. The van der Waals surface area contributed by atoms with E-state index in [0.717, 1.165) is 11.1 Å². The van der Waals surface area contributed by atoms with Crippen molar-refractivity contribution in [3.8, 4) is 23.0 Å². The Morgan fingerprint density at radius 1 is 0.211 bits per heavy atom. The van der Waals surface area contributed by atoms with Gasteiger partial charge in [-0.1, -0.05) is 422 Å². The van der Waals surface area contributed by atoms with Crippen molar-refractivity contribution in [2.24, 2.45) is 0 Å². The van der Waals surface area contributed by atoms with Gasteiger partial charge in [0, 0.05) is 0 Å². The Balaban J connectivity index is -0.000000760. The average Bonchev–Trinajstić information content (AvgIpc) is 3.76. The first-order chi connectivity index (χ1) is 44.1. The van der Waals surface area contributed by atoms with Gasteiger partial charge in [-0.2, -0.15) is 0 Å². The number of phenols is 4. The van der Waals surface area contributed by atoms with Crippen LogP contribution in [0.3, 0.4) is 0 Å². The highest BCUT2D eigenvalue weighted by Gasteiger charge is 2.00. The highest BCUT2D eigenvalue weighted by Crippen LogP contribution is 2.20. The van der Waals surface area contributed by atoms with Gasteiger partial charge < -0.3 is 25.2 Å². The molecule has 0 saturated heterocycles. The summed E-state index contributed by atoms with van der Waals surface area (Å²) in [6, 6.07) is 28.5. The number of rotatable bonds is 49. The molecule has 4 rings (SSSR count). The van der Waals surface area contributed by atoms with E-state index in [-0.39, 0.29) is 0 Å². The second kappa shape index (κ2) is 80.8. The van der Waals surface area contributed by atoms with Crippen LogP contribution in [0, 0.1) is 27.7 Å². The largest absolute Gasteiger partial charge is 0.508 e. The molecule has 0 aliphatic heterocycles. The molecule has 0 aliphatic rings. The maximum absolute atomic E-state index is 8.81. The average molecular weight is 1250 g/mol. The fraction of sp³-hybridized carbons (Fsp3) is 0.706. The summed E-state index contributed by atoms with van der Waals surface area (Å²) in [6.45, 7) is 22.5. The monoisotopic (exact) mass is 1250 g/mol. The van der Waals surface area contributed by atoms with E-state index < -0.39 is 0 Å². The smallest absolute Gasteiger partial charge is 0.115 e. The maximum Gasteiger partial charge on any atom is 0.115 e. The summed E-state index contributed by atoms with van der Waals surface area (Å²) in [4.78, 5) is 8.00. The highest BCUT2D eigenvalue weighted by molar-refractivity contribution is 5.27. The zero-order valence-electron chi connectivity index (χ0n) is 61.5. The fourth-order valence-electron chi connectivity index (χ4n) is 11.0. The molecular formula is C85H152O5. The summed E-state index contributed by atoms with van der Waals surface area (Å²) in [5.41, 5.74) is 4.51. The molecule has 4 N–H and O–H groups in total. The third-order valence-corrected chi connectivity index (χ3v) is 16.5. The van der Waals surface area contributed by atoms with Crippen LogP contribution in [0.1, 0.15) is 385 Å². The standard InChI is InChI=1S/C52H106.4C7H8O.2C2H6.CH2O/c1-3-5-7-9-11-13-15-17-19-21-23-25-27-29-31-33-35-37-39-41-43-45-47-49-51-52-50-48-46-44-42-40-38-36-34-32-30-28-26-24-22-20-18-16-14-12-10-8-6-4-2;2*1-6-2-4-7(8)5-3-6;2*1-6-3-2-4-7(8)5-6;3*1-2/h3-52H2,1-2H3;4*2-5,8H,1H3;2*1-2H3;1H2. The van der Waals surface area contributed by atoms with Gasteiger partial charge in [-0.15, -0.1) is 0 Å². The summed E-state index contributed by atoms with van der Waals surface area (Å²) in [7, 11) is 0. The Kier molecular flexibility index (Phi) is 82.8. The van der Waals surface area contributed by atoms with Crippen LogP contribution in [0.25, 0.3) is 0 Å². The summed E-state index contributed by atoms with van der Waals surface area (Å²) in [6.07, 6.45) is 74.4. The summed E-state index contributed by atoms with van der Waals surface area (Å²) < 4.78 is 0. The molecule has 5 heteroatoms. The van der Waals surface area contributed by atoms with Gasteiger partial charge in [0.25, 0.3) is 0 Å². The predicted molar refractivity (Wildman–Crippen MR) is 403 cm³/mol. The molecule has 90 heavy (non-hydrogen) atoms. The lowest BCUT2D eigenvalue weighted by Gasteiger charge is -2.05. The zero-order chi connectivity index (χ0) is 67.3. The molecule has 0 bridgehead atoms. The Labute approximate surface area is 561 Å². The normalized spacial score (nSPS) is 10.2. The molecule has 4 aromatic rings. The number of aromatic hydroxyl groups is 4. The van der Waals surface area contributed by atoms with Gasteiger partial charge in [0.05, 0.1) is 0 Å². The molecule has 0 fully saturated rings. The van der Waals surface area contributed by atoms with E-state index in [4.69, 9.17) is 25.2 Å². The Bertz CT molecular complexity index is 1680. The van der Waals surface area contributed by atoms with Crippen molar-refractivity contribution in [1.29, 1.82) is 0 Å². The topological polar surface area (TPSA) is 98.0 Å². The zero-order valence-corrected chi connectivity index (χ0v) is 61.5. The van der Waals surface area contributed by atoms with Crippen molar-refractivity contribution >= 4 is 6.79 Å². The first kappa shape index (κ1) is 92.2. The van der Waals surface area contributed by atoms with Gasteiger partial charge in [0.1, 0.15) is 29.8 Å². The van der Waals surface area contributed by atoms with Gasteiger partial charge >= 0.3 is 0 Å². The molecule has 0 spiro atoms. The number of carbonyl (C=O) groups excluding carboxylic acids is 1. The van der Waals surface area contributed by atoms with E-state index in [9.17, 15) is 0 Å². The third-order valence-electron chi connectivity index (χ3n) is 16.5. The molecule has 0 aliphatic carbocycles. The quantitative estimate of drug-likeness (QED) is 0.0330. The van der Waals surface area contributed by atoms with Gasteiger partial charge in [-0.25, -0.2) is 0 Å². The molecule has 4 aromatic carbocycles. The summed E-state index contributed by atoms with van der Waals surface area (Å²) in [5, 5.41) is 35.1. The van der Waals surface area contributed by atoms with Crippen molar-refractivity contribution in [2.75, 3.05) is 0 Å². The van der Waals surface area contributed by atoms with E-state index in [1.54, 1.807) is 48.5 Å². The van der Waals surface area contributed by atoms with Crippen molar-refractivity contribution in [1.82, 2.24) is 0 Å². The molecule has 522 valence electrons. The van der Waals surface area contributed by atoms with Crippen molar-refractivity contribution in [3.05, 3.63) is 119 Å². The van der Waals surface area contributed by atoms with Crippen LogP contribution >= 0.6 is 0 Å². The van der Waals surface area contributed by atoms with Crippen LogP contribution in [0.5, 0.6) is 23.0 Å². The lowest BCUT2D eigenvalue weighted by atomic mass is 10.0. The molecule has 0 unspecified atom stereocenters. The number of phenolic OH excluding ortho intramolecular Hbond substituents is 4. The van der Waals surface area contributed by atoms with Gasteiger partial charge in [-0.3, -0.25) is 0 Å². The summed E-state index contributed by atoms with van der Waals surface area (Å²) >= 11 is 0. The van der Waals surface area contributed by atoms with Crippen LogP contribution in [-0.4, -0.2) is 27.2 Å². The minimum atomic E-state index is 0.329. The summed E-state index contributed by atoms with van der Waals surface area (Å²) in [5.74, 6) is 1.33. The number of benzene rings is 4. The van der Waals surface area contributed by atoms with Gasteiger partial charge in [-0.05, 0) is 87.4 Å². The molecule has 0 atom stereocenters. The van der Waals surface area contributed by atoms with Crippen LogP contribution in [0.15, 0.2) is 97.1 Å². The second-order valence-electron chi connectivity index (χ2n) is 25.3. The Hall–Kier alpha value is -4.25. The molecular weight excluding hydrogens is 1100 g/mol.